The second-order valence-corrected chi connectivity index (χ2v) is 7.09. The van der Waals surface area contributed by atoms with Crippen LogP contribution in [-0.4, -0.2) is 29.3 Å². The van der Waals surface area contributed by atoms with E-state index in [0.717, 1.165) is 5.56 Å². The molecule has 1 aromatic heterocycles. The number of carbonyl (C=O) groups is 1. The Morgan fingerprint density at radius 1 is 1.10 bits per heavy atom. The number of rotatable bonds is 7. The third kappa shape index (κ3) is 4.74. The quantitative estimate of drug-likeness (QED) is 0.641. The van der Waals surface area contributed by atoms with E-state index in [2.05, 4.69) is 15.5 Å². The zero-order valence-corrected chi connectivity index (χ0v) is 17.0. The van der Waals surface area contributed by atoms with E-state index < -0.39 is 0 Å². The molecule has 0 bridgehead atoms. The predicted molar refractivity (Wildman–Crippen MR) is 111 cm³/mol. The van der Waals surface area contributed by atoms with Crippen molar-refractivity contribution in [1.82, 2.24) is 15.5 Å². The molecular weight excluding hydrogens is 370 g/mol. The van der Waals surface area contributed by atoms with Crippen LogP contribution < -0.4 is 20.3 Å². The van der Waals surface area contributed by atoms with Gasteiger partial charge in [-0.25, -0.2) is 5.10 Å². The number of fused-ring (bicyclic) bond motifs is 1. The van der Waals surface area contributed by atoms with Gasteiger partial charge in [-0.3, -0.25) is 9.59 Å². The Kier molecular flexibility index (Phi) is 6.16. The van der Waals surface area contributed by atoms with Crippen LogP contribution in [0.4, 0.5) is 0 Å². The standard InChI is InChI=1S/C22H25N3O4/c1-13(2)29-19-10-9-15(11-20(19)28-4)14(3)23-21(26)12-18-16-7-5-6-8-17(16)22(27)25-24-18/h5-11,13-14H,12H2,1-4H3,(H,23,26)(H,25,27). The topological polar surface area (TPSA) is 93.3 Å². The molecule has 0 fully saturated rings. The Balaban J connectivity index is 1.74. The first kappa shape index (κ1) is 20.4. The number of hydrogen-bond acceptors (Lipinski definition) is 5. The summed E-state index contributed by atoms with van der Waals surface area (Å²) in [5.74, 6) is 1.09. The van der Waals surface area contributed by atoms with Gasteiger partial charge in [0.05, 0.1) is 36.8 Å². The maximum Gasteiger partial charge on any atom is 0.272 e. The third-order valence-corrected chi connectivity index (χ3v) is 4.53. The molecule has 3 aromatic rings. The smallest absolute Gasteiger partial charge is 0.272 e. The van der Waals surface area contributed by atoms with Gasteiger partial charge in [-0.05, 0) is 44.5 Å². The Morgan fingerprint density at radius 3 is 2.52 bits per heavy atom. The minimum Gasteiger partial charge on any atom is -0.493 e. The van der Waals surface area contributed by atoms with E-state index in [1.807, 2.05) is 45.0 Å². The molecule has 1 atom stereocenters. The number of hydrogen-bond donors (Lipinski definition) is 2. The summed E-state index contributed by atoms with van der Waals surface area (Å²) in [5, 5.41) is 10.7. The Bertz CT molecular complexity index is 1080. The van der Waals surface area contributed by atoms with Gasteiger partial charge < -0.3 is 14.8 Å². The van der Waals surface area contributed by atoms with Crippen molar-refractivity contribution >= 4 is 16.7 Å². The number of aromatic nitrogens is 2. The molecule has 152 valence electrons. The molecule has 0 aliphatic carbocycles. The van der Waals surface area contributed by atoms with Crippen LogP contribution in [0.15, 0.2) is 47.3 Å². The first-order chi connectivity index (χ1) is 13.9. The van der Waals surface area contributed by atoms with E-state index >= 15 is 0 Å². The lowest BCUT2D eigenvalue weighted by Gasteiger charge is -2.18. The summed E-state index contributed by atoms with van der Waals surface area (Å²) in [5.41, 5.74) is 1.16. The van der Waals surface area contributed by atoms with Crippen LogP contribution in [0.2, 0.25) is 0 Å². The van der Waals surface area contributed by atoms with E-state index in [9.17, 15) is 9.59 Å². The Labute approximate surface area is 169 Å². The summed E-state index contributed by atoms with van der Waals surface area (Å²) in [6, 6.07) is 12.5. The molecule has 1 unspecified atom stereocenters. The van der Waals surface area contributed by atoms with Gasteiger partial charge >= 0.3 is 0 Å². The summed E-state index contributed by atoms with van der Waals surface area (Å²) in [4.78, 5) is 24.5. The van der Waals surface area contributed by atoms with Crippen molar-refractivity contribution in [2.45, 2.75) is 39.3 Å². The van der Waals surface area contributed by atoms with Gasteiger partial charge in [-0.2, -0.15) is 5.10 Å². The number of H-pyrrole nitrogens is 1. The molecule has 0 saturated heterocycles. The highest BCUT2D eigenvalue weighted by molar-refractivity contribution is 5.88. The first-order valence-electron chi connectivity index (χ1n) is 9.49. The van der Waals surface area contributed by atoms with Gasteiger partial charge in [0.15, 0.2) is 11.5 Å². The van der Waals surface area contributed by atoms with E-state index in [-0.39, 0.29) is 30.0 Å². The lowest BCUT2D eigenvalue weighted by atomic mass is 10.1. The number of nitrogens with one attached hydrogen (secondary N) is 2. The molecule has 0 aliphatic heterocycles. The Hall–Kier alpha value is -3.35. The Morgan fingerprint density at radius 2 is 1.83 bits per heavy atom. The van der Waals surface area contributed by atoms with Crippen molar-refractivity contribution in [1.29, 1.82) is 0 Å². The van der Waals surface area contributed by atoms with Crippen molar-refractivity contribution in [3.8, 4) is 11.5 Å². The monoisotopic (exact) mass is 395 g/mol. The minimum atomic E-state index is -0.270. The van der Waals surface area contributed by atoms with Crippen molar-refractivity contribution in [3.63, 3.8) is 0 Å². The van der Waals surface area contributed by atoms with Gasteiger partial charge in [0, 0.05) is 5.39 Å². The summed E-state index contributed by atoms with van der Waals surface area (Å²) in [7, 11) is 1.59. The molecule has 2 N–H and O–H groups in total. The predicted octanol–water partition coefficient (Wildman–Crippen LogP) is 3.14. The summed E-state index contributed by atoms with van der Waals surface area (Å²) in [6.07, 6.45) is 0.0966. The van der Waals surface area contributed by atoms with Gasteiger partial charge in [0.2, 0.25) is 5.91 Å². The number of benzene rings is 2. The number of carbonyl (C=O) groups excluding carboxylic acids is 1. The van der Waals surface area contributed by atoms with Gasteiger partial charge in [-0.15, -0.1) is 0 Å². The molecule has 7 nitrogen and oxygen atoms in total. The number of ether oxygens (including phenoxy) is 2. The van der Waals surface area contributed by atoms with E-state index in [4.69, 9.17) is 9.47 Å². The first-order valence-corrected chi connectivity index (χ1v) is 9.49. The summed E-state index contributed by atoms with van der Waals surface area (Å²) < 4.78 is 11.1. The van der Waals surface area contributed by atoms with Crippen LogP contribution >= 0.6 is 0 Å². The second-order valence-electron chi connectivity index (χ2n) is 7.09. The van der Waals surface area contributed by atoms with Gasteiger partial charge in [-0.1, -0.05) is 24.3 Å². The molecule has 0 saturated carbocycles. The summed E-state index contributed by atoms with van der Waals surface area (Å²) >= 11 is 0. The lowest BCUT2D eigenvalue weighted by molar-refractivity contribution is -0.121. The molecule has 2 aromatic carbocycles. The van der Waals surface area contributed by atoms with E-state index in [1.54, 1.807) is 25.3 Å². The van der Waals surface area contributed by atoms with Crippen molar-refractivity contribution < 1.29 is 14.3 Å². The zero-order valence-electron chi connectivity index (χ0n) is 17.0. The number of aromatic amines is 1. The fourth-order valence-electron chi connectivity index (χ4n) is 3.14. The van der Waals surface area contributed by atoms with Crippen LogP contribution in [-0.2, 0) is 11.2 Å². The van der Waals surface area contributed by atoms with Gasteiger partial charge in [0.25, 0.3) is 5.56 Å². The van der Waals surface area contributed by atoms with Crippen molar-refractivity contribution in [2.75, 3.05) is 7.11 Å². The molecule has 29 heavy (non-hydrogen) atoms. The van der Waals surface area contributed by atoms with Crippen LogP contribution in [0.5, 0.6) is 11.5 Å². The molecule has 7 heteroatoms. The van der Waals surface area contributed by atoms with E-state index in [0.29, 0.717) is 28.0 Å². The molecule has 3 rings (SSSR count). The van der Waals surface area contributed by atoms with Crippen molar-refractivity contribution in [2.24, 2.45) is 0 Å². The fourth-order valence-corrected chi connectivity index (χ4v) is 3.14. The average Bonchev–Trinajstić information content (AvgIpc) is 2.70. The van der Waals surface area contributed by atoms with Crippen LogP contribution in [0.1, 0.15) is 38.1 Å². The highest BCUT2D eigenvalue weighted by Gasteiger charge is 2.16. The molecule has 1 heterocycles. The van der Waals surface area contributed by atoms with Crippen LogP contribution in [0, 0.1) is 0 Å². The molecular formula is C22H25N3O4. The molecule has 1 amide bonds. The third-order valence-electron chi connectivity index (χ3n) is 4.53. The number of nitrogens with zero attached hydrogens (tertiary/aromatic N) is 1. The normalized spacial score (nSPS) is 12.0. The molecule has 0 aliphatic rings. The molecule has 0 radical (unpaired) electrons. The summed E-state index contributed by atoms with van der Waals surface area (Å²) in [6.45, 7) is 5.80. The highest BCUT2D eigenvalue weighted by atomic mass is 16.5. The average molecular weight is 395 g/mol. The SMILES string of the molecule is COc1cc(C(C)NC(=O)Cc2n[nH]c(=O)c3ccccc23)ccc1OC(C)C. The zero-order chi connectivity index (χ0) is 21.0. The fraction of sp³-hybridized carbons (Fsp3) is 0.318. The number of amides is 1. The lowest BCUT2D eigenvalue weighted by Crippen LogP contribution is -2.29. The maximum absolute atomic E-state index is 12.6. The number of methoxy groups -OCH3 is 1. The van der Waals surface area contributed by atoms with Crippen LogP contribution in [0.3, 0.4) is 0 Å². The minimum absolute atomic E-state index is 0.0338. The van der Waals surface area contributed by atoms with Gasteiger partial charge in [0.1, 0.15) is 0 Å². The largest absolute Gasteiger partial charge is 0.493 e. The highest BCUT2D eigenvalue weighted by Crippen LogP contribution is 2.31. The van der Waals surface area contributed by atoms with Crippen molar-refractivity contribution in [3.05, 3.63) is 64.1 Å². The second kappa shape index (κ2) is 8.77. The van der Waals surface area contributed by atoms with E-state index in [1.165, 1.54) is 0 Å². The maximum atomic E-state index is 12.6. The van der Waals surface area contributed by atoms with Crippen LogP contribution in [0.25, 0.3) is 10.8 Å². The molecule has 0 spiro atoms.